The number of carbonyl (C=O) groups is 1. The Balaban J connectivity index is 1.60. The van der Waals surface area contributed by atoms with E-state index in [4.69, 9.17) is 16.1 Å². The summed E-state index contributed by atoms with van der Waals surface area (Å²) < 4.78 is 5.27. The molecule has 0 aliphatic carbocycles. The quantitative estimate of drug-likeness (QED) is 0.889. The maximum atomic E-state index is 12.3. The molecule has 6 nitrogen and oxygen atoms in total. The minimum Gasteiger partial charge on any atom is -0.394 e. The topological polar surface area (TPSA) is 78.6 Å². The number of likely N-dealkylation sites (tertiary alicyclic amines) is 1. The van der Waals surface area contributed by atoms with Gasteiger partial charge in [-0.2, -0.15) is 0 Å². The zero-order valence-corrected chi connectivity index (χ0v) is 14.0. The van der Waals surface area contributed by atoms with Crippen LogP contribution in [-0.2, 0) is 6.54 Å². The SMILES string of the molecule is O=C(NCc1cc(-c2cccc(Cl)c2)no1)N1CCCC[C@@H]1CO. The number of nitrogens with zero attached hydrogens (tertiary/aromatic N) is 2. The van der Waals surface area contributed by atoms with Crippen molar-refractivity contribution in [2.45, 2.75) is 31.8 Å². The van der Waals surface area contributed by atoms with Gasteiger partial charge in [0.2, 0.25) is 0 Å². The lowest BCUT2D eigenvalue weighted by Crippen LogP contribution is -2.49. The van der Waals surface area contributed by atoms with E-state index in [0.29, 0.717) is 23.0 Å². The van der Waals surface area contributed by atoms with Gasteiger partial charge in [-0.1, -0.05) is 28.9 Å². The average Bonchev–Trinajstić information content (AvgIpc) is 3.08. The molecule has 1 atom stereocenters. The lowest BCUT2D eigenvalue weighted by Gasteiger charge is -2.34. The van der Waals surface area contributed by atoms with Crippen LogP contribution in [0.5, 0.6) is 0 Å². The molecule has 2 N–H and O–H groups in total. The summed E-state index contributed by atoms with van der Waals surface area (Å²) in [6.07, 6.45) is 2.84. The standard InChI is InChI=1S/C17H20ClN3O3/c18-13-5-3-4-12(8-13)16-9-15(24-20-16)10-19-17(23)21-7-2-1-6-14(21)11-22/h3-5,8-9,14,22H,1-2,6-7,10-11H2,(H,19,23)/t14-/m1/s1. The van der Waals surface area contributed by atoms with Crippen LogP contribution in [-0.4, -0.2) is 40.4 Å². The van der Waals surface area contributed by atoms with Crippen LogP contribution in [0, 0.1) is 0 Å². The highest BCUT2D eigenvalue weighted by Gasteiger charge is 2.26. The molecule has 1 aromatic carbocycles. The summed E-state index contributed by atoms with van der Waals surface area (Å²) >= 11 is 5.98. The molecule has 0 saturated carbocycles. The second-order valence-corrected chi connectivity index (χ2v) is 6.31. The molecule has 1 aliphatic rings. The zero-order valence-electron chi connectivity index (χ0n) is 13.2. The van der Waals surface area contributed by atoms with Crippen molar-refractivity contribution < 1.29 is 14.4 Å². The van der Waals surface area contributed by atoms with Crippen LogP contribution in [0.2, 0.25) is 5.02 Å². The first-order valence-electron chi connectivity index (χ1n) is 8.04. The molecule has 1 saturated heterocycles. The third-order valence-corrected chi connectivity index (χ3v) is 4.43. The third-order valence-electron chi connectivity index (χ3n) is 4.19. The lowest BCUT2D eigenvalue weighted by atomic mass is 10.0. The normalized spacial score (nSPS) is 17.8. The van der Waals surface area contributed by atoms with Crippen LogP contribution < -0.4 is 5.32 Å². The minimum absolute atomic E-state index is 0.00532. The van der Waals surface area contributed by atoms with E-state index in [2.05, 4.69) is 10.5 Å². The second-order valence-electron chi connectivity index (χ2n) is 5.87. The first-order chi connectivity index (χ1) is 11.7. The van der Waals surface area contributed by atoms with Crippen LogP contribution >= 0.6 is 11.6 Å². The summed E-state index contributed by atoms with van der Waals surface area (Å²) in [6, 6.07) is 8.84. The fourth-order valence-corrected chi connectivity index (χ4v) is 3.09. The van der Waals surface area contributed by atoms with Crippen molar-refractivity contribution in [3.05, 3.63) is 41.1 Å². The van der Waals surface area contributed by atoms with Crippen molar-refractivity contribution in [2.24, 2.45) is 0 Å². The summed E-state index contributed by atoms with van der Waals surface area (Å²) in [6.45, 7) is 0.914. The Hall–Kier alpha value is -2.05. The molecule has 2 heterocycles. The second kappa shape index (κ2) is 7.68. The molecule has 0 radical (unpaired) electrons. The monoisotopic (exact) mass is 349 g/mol. The largest absolute Gasteiger partial charge is 0.394 e. The molecule has 128 valence electrons. The lowest BCUT2D eigenvalue weighted by molar-refractivity contribution is 0.107. The van der Waals surface area contributed by atoms with Gasteiger partial charge in [0.05, 0.1) is 19.2 Å². The van der Waals surface area contributed by atoms with Crippen LogP contribution in [0.1, 0.15) is 25.0 Å². The van der Waals surface area contributed by atoms with E-state index in [0.717, 1.165) is 24.8 Å². The Bertz CT molecular complexity index is 704. The van der Waals surface area contributed by atoms with Gasteiger partial charge in [-0.25, -0.2) is 4.79 Å². The number of aromatic nitrogens is 1. The van der Waals surface area contributed by atoms with Crippen LogP contribution in [0.4, 0.5) is 4.79 Å². The van der Waals surface area contributed by atoms with Gasteiger partial charge in [0.25, 0.3) is 0 Å². The van der Waals surface area contributed by atoms with E-state index >= 15 is 0 Å². The molecule has 2 amide bonds. The van der Waals surface area contributed by atoms with E-state index in [1.165, 1.54) is 0 Å². The fraction of sp³-hybridized carbons (Fsp3) is 0.412. The summed E-state index contributed by atoms with van der Waals surface area (Å²) in [5, 5.41) is 16.9. The molecule has 1 fully saturated rings. The van der Waals surface area contributed by atoms with Crippen molar-refractivity contribution in [3.8, 4) is 11.3 Å². The number of nitrogens with one attached hydrogen (secondary N) is 1. The number of hydrogen-bond donors (Lipinski definition) is 2. The average molecular weight is 350 g/mol. The number of aliphatic hydroxyl groups excluding tert-OH is 1. The molecule has 24 heavy (non-hydrogen) atoms. The van der Waals surface area contributed by atoms with Crippen molar-refractivity contribution >= 4 is 17.6 Å². The number of amides is 2. The number of aliphatic hydroxyl groups is 1. The molecular weight excluding hydrogens is 330 g/mol. The first-order valence-corrected chi connectivity index (χ1v) is 8.42. The van der Waals surface area contributed by atoms with Crippen molar-refractivity contribution in [3.63, 3.8) is 0 Å². The van der Waals surface area contributed by atoms with Crippen molar-refractivity contribution in [2.75, 3.05) is 13.2 Å². The summed E-state index contributed by atoms with van der Waals surface area (Å²) in [5.74, 6) is 0.566. The van der Waals surface area contributed by atoms with Crippen molar-refractivity contribution in [1.29, 1.82) is 0 Å². The number of hydrogen-bond acceptors (Lipinski definition) is 4. The molecule has 1 aliphatic heterocycles. The van der Waals surface area contributed by atoms with Gasteiger partial charge in [0.1, 0.15) is 5.69 Å². The van der Waals surface area contributed by atoms with E-state index in [9.17, 15) is 9.90 Å². The van der Waals surface area contributed by atoms with Gasteiger partial charge in [0, 0.05) is 23.2 Å². The van der Waals surface area contributed by atoms with Gasteiger partial charge in [-0.15, -0.1) is 0 Å². The van der Waals surface area contributed by atoms with Crippen LogP contribution in [0.25, 0.3) is 11.3 Å². The molecule has 7 heteroatoms. The van der Waals surface area contributed by atoms with E-state index in [1.54, 1.807) is 23.1 Å². The number of urea groups is 1. The number of carbonyl (C=O) groups excluding carboxylic acids is 1. The Morgan fingerprint density at radius 2 is 2.29 bits per heavy atom. The molecule has 3 rings (SSSR count). The van der Waals surface area contributed by atoms with E-state index in [-0.39, 0.29) is 25.2 Å². The molecule has 0 bridgehead atoms. The van der Waals surface area contributed by atoms with Gasteiger partial charge < -0.3 is 19.8 Å². The highest BCUT2D eigenvalue weighted by Crippen LogP contribution is 2.22. The van der Waals surface area contributed by atoms with Crippen LogP contribution in [0.3, 0.4) is 0 Å². The van der Waals surface area contributed by atoms with Gasteiger partial charge in [-0.05, 0) is 31.4 Å². The molecule has 0 unspecified atom stereocenters. The molecular formula is C17H20ClN3O3. The predicted molar refractivity (Wildman–Crippen MR) is 90.6 cm³/mol. The van der Waals surface area contributed by atoms with Crippen molar-refractivity contribution in [1.82, 2.24) is 15.4 Å². The third kappa shape index (κ3) is 3.88. The fourth-order valence-electron chi connectivity index (χ4n) is 2.90. The smallest absolute Gasteiger partial charge is 0.318 e. The number of rotatable bonds is 4. The maximum Gasteiger partial charge on any atom is 0.318 e. The van der Waals surface area contributed by atoms with Gasteiger partial charge in [0.15, 0.2) is 5.76 Å². The Labute approximate surface area is 145 Å². The summed E-state index contributed by atoms with van der Waals surface area (Å²) in [7, 11) is 0. The maximum absolute atomic E-state index is 12.3. The first kappa shape index (κ1) is 16.8. The summed E-state index contributed by atoms with van der Waals surface area (Å²) in [5.41, 5.74) is 1.54. The van der Waals surface area contributed by atoms with E-state index < -0.39 is 0 Å². The Morgan fingerprint density at radius 3 is 3.08 bits per heavy atom. The zero-order chi connectivity index (χ0) is 16.9. The highest BCUT2D eigenvalue weighted by molar-refractivity contribution is 6.30. The molecule has 2 aromatic rings. The minimum atomic E-state index is -0.186. The Morgan fingerprint density at radius 1 is 1.42 bits per heavy atom. The van der Waals surface area contributed by atoms with Gasteiger partial charge >= 0.3 is 6.03 Å². The highest BCUT2D eigenvalue weighted by atomic mass is 35.5. The predicted octanol–water partition coefficient (Wildman–Crippen LogP) is 3.05. The summed E-state index contributed by atoms with van der Waals surface area (Å²) in [4.78, 5) is 14.0. The molecule has 1 aromatic heterocycles. The number of halogens is 1. The molecule has 0 spiro atoms. The van der Waals surface area contributed by atoms with E-state index in [1.807, 2.05) is 12.1 Å². The van der Waals surface area contributed by atoms with Crippen LogP contribution in [0.15, 0.2) is 34.9 Å². The van der Waals surface area contributed by atoms with Gasteiger partial charge in [-0.3, -0.25) is 0 Å². The number of benzene rings is 1. The Kier molecular flexibility index (Phi) is 5.37. The number of piperidine rings is 1.